The van der Waals surface area contributed by atoms with Crippen molar-refractivity contribution in [2.24, 2.45) is 0 Å². The number of amides is 1. The molecule has 3 nitrogen and oxygen atoms in total. The highest BCUT2D eigenvalue weighted by molar-refractivity contribution is 6.31. The van der Waals surface area contributed by atoms with Crippen LogP contribution in [0, 0.1) is 13.8 Å². The molecule has 0 atom stereocenters. The predicted octanol–water partition coefficient (Wildman–Crippen LogP) is 2.66. The standard InChI is InChI=1S/C17H19ClN2O/c1-12-7-8-16(13(2)9-12)20-17(21)11-19-10-14-5-3-4-6-15(14)18/h3-9,19H,10-11H2,1-2H3,(H,20,21)/p+1. The van der Waals surface area contributed by atoms with Crippen molar-refractivity contribution in [3.8, 4) is 0 Å². The van der Waals surface area contributed by atoms with E-state index in [1.807, 2.05) is 55.6 Å². The number of hydrogen-bond donors (Lipinski definition) is 2. The number of anilines is 1. The first-order chi connectivity index (χ1) is 10.1. The molecule has 0 spiro atoms. The molecule has 2 aromatic rings. The second-order valence-electron chi connectivity index (χ2n) is 5.15. The molecule has 4 heteroatoms. The molecule has 0 bridgehead atoms. The van der Waals surface area contributed by atoms with Gasteiger partial charge in [-0.3, -0.25) is 4.79 Å². The number of carbonyl (C=O) groups is 1. The molecule has 0 saturated heterocycles. The van der Waals surface area contributed by atoms with Crippen LogP contribution in [0.4, 0.5) is 5.69 Å². The number of carbonyl (C=O) groups excluding carboxylic acids is 1. The van der Waals surface area contributed by atoms with Crippen LogP contribution in [0.2, 0.25) is 5.02 Å². The Labute approximate surface area is 130 Å². The molecule has 3 N–H and O–H groups in total. The molecule has 2 rings (SSSR count). The number of rotatable bonds is 5. The quantitative estimate of drug-likeness (QED) is 0.876. The van der Waals surface area contributed by atoms with E-state index in [2.05, 4.69) is 11.4 Å². The Kier molecular flexibility index (Phi) is 5.37. The van der Waals surface area contributed by atoms with Gasteiger partial charge in [-0.05, 0) is 31.5 Å². The summed E-state index contributed by atoms with van der Waals surface area (Å²) in [6.07, 6.45) is 0. The van der Waals surface area contributed by atoms with E-state index >= 15 is 0 Å². The van der Waals surface area contributed by atoms with Crippen LogP contribution < -0.4 is 10.6 Å². The third-order valence-corrected chi connectivity index (χ3v) is 3.68. The van der Waals surface area contributed by atoms with E-state index in [9.17, 15) is 4.79 Å². The number of nitrogens with one attached hydrogen (secondary N) is 1. The Hall–Kier alpha value is -1.84. The fourth-order valence-corrected chi connectivity index (χ4v) is 2.39. The summed E-state index contributed by atoms with van der Waals surface area (Å²) in [6, 6.07) is 13.7. The summed E-state index contributed by atoms with van der Waals surface area (Å²) in [4.78, 5) is 11.9. The fourth-order valence-electron chi connectivity index (χ4n) is 2.18. The largest absolute Gasteiger partial charge is 0.335 e. The molecule has 0 aromatic heterocycles. The van der Waals surface area contributed by atoms with Gasteiger partial charge in [-0.1, -0.05) is 47.5 Å². The lowest BCUT2D eigenvalue weighted by atomic mass is 10.1. The molecule has 0 fully saturated rings. The summed E-state index contributed by atoms with van der Waals surface area (Å²) >= 11 is 6.08. The van der Waals surface area contributed by atoms with E-state index in [4.69, 9.17) is 11.6 Å². The molecule has 2 aromatic carbocycles. The molecule has 0 radical (unpaired) electrons. The summed E-state index contributed by atoms with van der Waals surface area (Å²) in [6.45, 7) is 5.10. The molecule has 1 amide bonds. The van der Waals surface area contributed by atoms with Crippen molar-refractivity contribution >= 4 is 23.2 Å². The maximum atomic E-state index is 11.9. The number of benzene rings is 2. The minimum Gasteiger partial charge on any atom is -0.335 e. The summed E-state index contributed by atoms with van der Waals surface area (Å²) in [5.74, 6) is -0.00555. The van der Waals surface area contributed by atoms with Gasteiger partial charge in [-0.15, -0.1) is 0 Å². The van der Waals surface area contributed by atoms with E-state index in [0.29, 0.717) is 13.1 Å². The van der Waals surface area contributed by atoms with E-state index < -0.39 is 0 Å². The number of quaternary nitrogens is 1. The molecule has 21 heavy (non-hydrogen) atoms. The van der Waals surface area contributed by atoms with Crippen LogP contribution in [-0.2, 0) is 11.3 Å². The summed E-state index contributed by atoms with van der Waals surface area (Å²) < 4.78 is 0. The van der Waals surface area contributed by atoms with Gasteiger partial charge in [0.1, 0.15) is 6.54 Å². The summed E-state index contributed by atoms with van der Waals surface area (Å²) in [5.41, 5.74) is 4.18. The van der Waals surface area contributed by atoms with Crippen LogP contribution in [0.1, 0.15) is 16.7 Å². The lowest BCUT2D eigenvalue weighted by Gasteiger charge is -2.09. The highest BCUT2D eigenvalue weighted by atomic mass is 35.5. The lowest BCUT2D eigenvalue weighted by molar-refractivity contribution is -0.659. The predicted molar refractivity (Wildman–Crippen MR) is 86.5 cm³/mol. The Balaban J connectivity index is 1.84. The van der Waals surface area contributed by atoms with Gasteiger partial charge in [-0.2, -0.15) is 0 Å². The number of aryl methyl sites for hydroxylation is 2. The van der Waals surface area contributed by atoms with Crippen molar-refractivity contribution in [3.63, 3.8) is 0 Å². The van der Waals surface area contributed by atoms with Crippen molar-refractivity contribution in [2.45, 2.75) is 20.4 Å². The van der Waals surface area contributed by atoms with Crippen molar-refractivity contribution in [3.05, 3.63) is 64.2 Å². The van der Waals surface area contributed by atoms with Gasteiger partial charge in [0, 0.05) is 16.3 Å². The lowest BCUT2D eigenvalue weighted by Crippen LogP contribution is -2.84. The number of hydrogen-bond acceptors (Lipinski definition) is 1. The van der Waals surface area contributed by atoms with Gasteiger partial charge in [0.05, 0.1) is 0 Å². The van der Waals surface area contributed by atoms with Crippen molar-refractivity contribution in [1.29, 1.82) is 0 Å². The Morgan fingerprint density at radius 2 is 1.95 bits per heavy atom. The average Bonchev–Trinajstić information content (AvgIpc) is 2.44. The smallest absolute Gasteiger partial charge is 0.279 e. The first kappa shape index (κ1) is 15.5. The second-order valence-corrected chi connectivity index (χ2v) is 5.56. The molecule has 0 saturated carbocycles. The monoisotopic (exact) mass is 303 g/mol. The zero-order valence-corrected chi connectivity index (χ0v) is 13.1. The van der Waals surface area contributed by atoms with Crippen molar-refractivity contribution in [2.75, 3.05) is 11.9 Å². The number of halogens is 1. The van der Waals surface area contributed by atoms with E-state index in [1.165, 1.54) is 5.56 Å². The Bertz CT molecular complexity index is 640. The maximum absolute atomic E-state index is 11.9. The van der Waals surface area contributed by atoms with Crippen molar-refractivity contribution in [1.82, 2.24) is 0 Å². The van der Waals surface area contributed by atoms with E-state index in [1.54, 1.807) is 0 Å². The Morgan fingerprint density at radius 3 is 2.67 bits per heavy atom. The highest BCUT2D eigenvalue weighted by Crippen LogP contribution is 2.15. The fraction of sp³-hybridized carbons (Fsp3) is 0.235. The normalized spacial score (nSPS) is 10.4. The van der Waals surface area contributed by atoms with Gasteiger partial charge in [0.2, 0.25) is 0 Å². The molecule has 0 aliphatic rings. The van der Waals surface area contributed by atoms with Gasteiger partial charge in [-0.25, -0.2) is 0 Å². The Morgan fingerprint density at radius 1 is 1.19 bits per heavy atom. The molecule has 0 heterocycles. The molecule has 0 aliphatic carbocycles. The van der Waals surface area contributed by atoms with Crippen LogP contribution in [0.3, 0.4) is 0 Å². The maximum Gasteiger partial charge on any atom is 0.279 e. The summed E-state index contributed by atoms with van der Waals surface area (Å²) in [7, 11) is 0. The molecule has 0 unspecified atom stereocenters. The topological polar surface area (TPSA) is 45.7 Å². The van der Waals surface area contributed by atoms with Crippen LogP contribution >= 0.6 is 11.6 Å². The van der Waals surface area contributed by atoms with Crippen LogP contribution in [0.5, 0.6) is 0 Å². The third-order valence-electron chi connectivity index (χ3n) is 3.31. The van der Waals surface area contributed by atoms with Crippen LogP contribution in [-0.4, -0.2) is 12.5 Å². The summed E-state index contributed by atoms with van der Waals surface area (Å²) in [5, 5.41) is 5.62. The molecule has 110 valence electrons. The highest BCUT2D eigenvalue weighted by Gasteiger charge is 2.07. The van der Waals surface area contributed by atoms with Gasteiger partial charge in [0.15, 0.2) is 6.54 Å². The molecular weight excluding hydrogens is 284 g/mol. The minimum absolute atomic E-state index is 0.00555. The first-order valence-corrected chi connectivity index (χ1v) is 7.36. The second kappa shape index (κ2) is 7.25. The van der Waals surface area contributed by atoms with Crippen LogP contribution in [0.25, 0.3) is 0 Å². The van der Waals surface area contributed by atoms with Gasteiger partial charge >= 0.3 is 0 Å². The zero-order chi connectivity index (χ0) is 15.2. The van der Waals surface area contributed by atoms with Gasteiger partial charge < -0.3 is 10.6 Å². The molecular formula is C17H20ClN2O+. The minimum atomic E-state index is -0.00555. The number of nitrogens with two attached hydrogens (primary N) is 1. The van der Waals surface area contributed by atoms with Crippen molar-refractivity contribution < 1.29 is 10.1 Å². The molecule has 0 aliphatic heterocycles. The SMILES string of the molecule is Cc1ccc(NC(=O)C[NH2+]Cc2ccccc2Cl)c(C)c1. The van der Waals surface area contributed by atoms with Gasteiger partial charge in [0.25, 0.3) is 5.91 Å². The average molecular weight is 304 g/mol. The zero-order valence-electron chi connectivity index (χ0n) is 12.3. The van der Waals surface area contributed by atoms with Crippen LogP contribution in [0.15, 0.2) is 42.5 Å². The third kappa shape index (κ3) is 4.59. The van der Waals surface area contributed by atoms with E-state index in [-0.39, 0.29) is 5.91 Å². The first-order valence-electron chi connectivity index (χ1n) is 6.98. The van der Waals surface area contributed by atoms with E-state index in [0.717, 1.165) is 21.8 Å².